The quantitative estimate of drug-likeness (QED) is 0.281. The molecule has 0 radical (unpaired) electrons. The summed E-state index contributed by atoms with van der Waals surface area (Å²) in [6.07, 6.45) is 6.47. The number of benzene rings is 2. The molecule has 0 saturated heterocycles. The van der Waals surface area contributed by atoms with Gasteiger partial charge >= 0.3 is 0 Å². The Kier molecular flexibility index (Phi) is 7.35. The van der Waals surface area contributed by atoms with E-state index in [1.165, 1.54) is 21.5 Å². The highest BCUT2D eigenvalue weighted by molar-refractivity contribution is 7.92. The topological polar surface area (TPSA) is 91.6 Å². The average molecular weight is 444 g/mol. The molecule has 3 aromatic rings. The molecule has 2 aromatic carbocycles. The first-order chi connectivity index (χ1) is 14.8. The zero-order valence-corrected chi connectivity index (χ0v) is 18.7. The van der Waals surface area contributed by atoms with Crippen molar-refractivity contribution in [3.8, 4) is 11.1 Å². The third kappa shape index (κ3) is 5.86. The van der Waals surface area contributed by atoms with E-state index < -0.39 is 15.9 Å². The van der Waals surface area contributed by atoms with Crippen LogP contribution in [0.3, 0.4) is 0 Å². The fourth-order valence-corrected chi connectivity index (χ4v) is 4.68. The van der Waals surface area contributed by atoms with Gasteiger partial charge in [0.1, 0.15) is 0 Å². The number of aromatic nitrogens is 1. The lowest BCUT2D eigenvalue weighted by Crippen LogP contribution is -2.30. The van der Waals surface area contributed by atoms with Crippen LogP contribution in [0.1, 0.15) is 32.1 Å². The van der Waals surface area contributed by atoms with Gasteiger partial charge in [-0.25, -0.2) is 13.9 Å². The Hall–Kier alpha value is -2.84. The van der Waals surface area contributed by atoms with Crippen molar-refractivity contribution in [3.63, 3.8) is 0 Å². The number of hydroxylamine groups is 1. The molecule has 0 atom stereocenters. The third-order valence-corrected chi connectivity index (χ3v) is 6.61. The lowest BCUT2D eigenvalue weighted by molar-refractivity contribution is -0.129. The maximum absolute atomic E-state index is 12.3. The van der Waals surface area contributed by atoms with Gasteiger partial charge in [-0.1, -0.05) is 31.0 Å². The van der Waals surface area contributed by atoms with E-state index in [0.29, 0.717) is 25.1 Å². The zero-order valence-electron chi connectivity index (χ0n) is 17.9. The molecule has 166 valence electrons. The van der Waals surface area contributed by atoms with Gasteiger partial charge in [-0.05, 0) is 54.3 Å². The molecule has 1 heterocycles. The molecule has 0 spiro atoms. The molecule has 0 aliphatic carbocycles. The number of nitrogens with zero attached hydrogens (tertiary/aromatic N) is 2. The van der Waals surface area contributed by atoms with Gasteiger partial charge in [0.2, 0.25) is 15.9 Å². The van der Waals surface area contributed by atoms with Crippen LogP contribution in [0.15, 0.2) is 54.7 Å². The number of anilines is 1. The number of amides is 1. The van der Waals surface area contributed by atoms with Crippen molar-refractivity contribution in [3.05, 3.63) is 54.7 Å². The lowest BCUT2D eigenvalue weighted by atomic mass is 10.0. The number of fused-ring (bicyclic) bond motifs is 1. The maximum atomic E-state index is 12.3. The summed E-state index contributed by atoms with van der Waals surface area (Å²) in [6.45, 7) is 0.389. The van der Waals surface area contributed by atoms with Crippen molar-refractivity contribution >= 4 is 32.5 Å². The average Bonchev–Trinajstić information content (AvgIpc) is 3.12. The molecule has 0 bridgehead atoms. The fourth-order valence-electron chi connectivity index (χ4n) is 3.72. The molecular weight excluding hydrogens is 414 g/mol. The van der Waals surface area contributed by atoms with Crippen molar-refractivity contribution in [2.75, 3.05) is 17.1 Å². The normalized spacial score (nSPS) is 11.6. The zero-order chi connectivity index (χ0) is 22.4. The molecule has 0 aliphatic rings. The first-order valence-electron chi connectivity index (χ1n) is 10.4. The van der Waals surface area contributed by atoms with E-state index in [1.807, 2.05) is 37.5 Å². The molecule has 0 fully saturated rings. The number of rotatable bonds is 10. The molecule has 0 saturated carbocycles. The second kappa shape index (κ2) is 9.98. The Morgan fingerprint density at radius 2 is 1.68 bits per heavy atom. The minimum Gasteiger partial charge on any atom is -0.351 e. The molecule has 2 N–H and O–H groups in total. The van der Waals surface area contributed by atoms with Gasteiger partial charge in [0.05, 0.1) is 11.9 Å². The number of aryl methyl sites for hydroxylation is 1. The van der Waals surface area contributed by atoms with E-state index in [-0.39, 0.29) is 6.42 Å². The lowest BCUT2D eigenvalue weighted by Gasteiger charge is -2.22. The molecule has 0 aliphatic heterocycles. The van der Waals surface area contributed by atoms with Crippen LogP contribution in [0.5, 0.6) is 0 Å². The highest BCUT2D eigenvalue weighted by Gasteiger charge is 2.17. The smallest absolute Gasteiger partial charge is 0.243 e. The van der Waals surface area contributed by atoms with E-state index in [9.17, 15) is 13.2 Å². The first kappa shape index (κ1) is 22.8. The third-order valence-electron chi connectivity index (χ3n) is 5.41. The number of hydrogen-bond donors (Lipinski definition) is 2. The van der Waals surface area contributed by atoms with E-state index in [1.54, 1.807) is 5.48 Å². The monoisotopic (exact) mass is 443 g/mol. The Labute approximate surface area is 183 Å². The van der Waals surface area contributed by atoms with Crippen LogP contribution in [0.4, 0.5) is 5.69 Å². The maximum Gasteiger partial charge on any atom is 0.243 e. The Morgan fingerprint density at radius 1 is 1.00 bits per heavy atom. The Bertz CT molecular complexity index is 1140. The summed E-state index contributed by atoms with van der Waals surface area (Å²) in [5.41, 5.74) is 5.54. The van der Waals surface area contributed by atoms with Crippen LogP contribution in [-0.2, 0) is 21.9 Å². The highest BCUT2D eigenvalue weighted by atomic mass is 32.2. The molecule has 1 amide bonds. The number of carbonyl (C=O) groups is 1. The molecule has 0 unspecified atom stereocenters. The molecular formula is C23H29N3O4S. The minimum absolute atomic E-state index is 0.266. The van der Waals surface area contributed by atoms with E-state index in [0.717, 1.165) is 24.0 Å². The number of carbonyl (C=O) groups excluding carboxylic acids is 1. The summed E-state index contributed by atoms with van der Waals surface area (Å²) in [5, 5.41) is 9.66. The number of hydrogen-bond acceptors (Lipinski definition) is 4. The molecule has 1 aromatic heterocycles. The van der Waals surface area contributed by atoms with E-state index in [4.69, 9.17) is 5.21 Å². The van der Waals surface area contributed by atoms with Gasteiger partial charge in [-0.15, -0.1) is 0 Å². The van der Waals surface area contributed by atoms with E-state index >= 15 is 0 Å². The molecule has 7 nitrogen and oxygen atoms in total. The van der Waals surface area contributed by atoms with Gasteiger partial charge in [-0.2, -0.15) is 0 Å². The van der Waals surface area contributed by atoms with Crippen LogP contribution >= 0.6 is 0 Å². The van der Waals surface area contributed by atoms with Gasteiger partial charge in [-0.3, -0.25) is 14.3 Å². The second-order valence-corrected chi connectivity index (χ2v) is 9.69. The minimum atomic E-state index is -3.40. The number of nitrogens with one attached hydrogen (secondary N) is 1. The van der Waals surface area contributed by atoms with Crippen molar-refractivity contribution in [2.45, 2.75) is 32.1 Å². The Balaban J connectivity index is 1.65. The predicted octanol–water partition coefficient (Wildman–Crippen LogP) is 4.07. The van der Waals surface area contributed by atoms with Crippen LogP contribution in [0, 0.1) is 0 Å². The standard InChI is InChI=1S/C23H29N3O4S/c1-25-16-14-20-17-19(10-13-22(20)25)18-8-11-21(12-9-18)26(31(2,29)30)15-6-4-3-5-7-23(27)24-28/h8-14,16-17,28H,3-7,15H2,1-2H3,(H,24,27). The highest BCUT2D eigenvalue weighted by Crippen LogP contribution is 2.28. The second-order valence-electron chi connectivity index (χ2n) is 7.78. The number of unbranched alkanes of at least 4 members (excludes halogenated alkanes) is 3. The van der Waals surface area contributed by atoms with Crippen LogP contribution < -0.4 is 9.79 Å². The van der Waals surface area contributed by atoms with Crippen LogP contribution in [0.25, 0.3) is 22.0 Å². The molecule has 3 rings (SSSR count). The molecule has 8 heteroatoms. The van der Waals surface area contributed by atoms with Crippen molar-refractivity contribution in [1.82, 2.24) is 10.0 Å². The van der Waals surface area contributed by atoms with Gasteiger partial charge in [0.15, 0.2) is 0 Å². The largest absolute Gasteiger partial charge is 0.351 e. The molecule has 31 heavy (non-hydrogen) atoms. The van der Waals surface area contributed by atoms with Crippen molar-refractivity contribution < 1.29 is 18.4 Å². The fraction of sp³-hybridized carbons (Fsp3) is 0.348. The summed E-state index contributed by atoms with van der Waals surface area (Å²) in [6, 6.07) is 16.0. The summed E-state index contributed by atoms with van der Waals surface area (Å²) in [5.74, 6) is -0.399. The van der Waals surface area contributed by atoms with Gasteiger partial charge < -0.3 is 4.57 Å². The summed E-state index contributed by atoms with van der Waals surface area (Å²) < 4.78 is 28.2. The van der Waals surface area contributed by atoms with Crippen LogP contribution in [-0.4, -0.2) is 36.9 Å². The predicted molar refractivity (Wildman–Crippen MR) is 124 cm³/mol. The Morgan fingerprint density at radius 3 is 2.35 bits per heavy atom. The summed E-state index contributed by atoms with van der Waals surface area (Å²) >= 11 is 0. The van der Waals surface area contributed by atoms with Gasteiger partial charge in [0.25, 0.3) is 0 Å². The summed E-state index contributed by atoms with van der Waals surface area (Å²) in [7, 11) is -1.38. The van der Waals surface area contributed by atoms with Gasteiger partial charge in [0, 0.05) is 37.1 Å². The first-order valence-corrected chi connectivity index (χ1v) is 12.2. The summed E-state index contributed by atoms with van der Waals surface area (Å²) in [4.78, 5) is 11.0. The van der Waals surface area contributed by atoms with Crippen molar-refractivity contribution in [2.24, 2.45) is 7.05 Å². The van der Waals surface area contributed by atoms with Crippen molar-refractivity contribution in [1.29, 1.82) is 0 Å². The number of sulfonamides is 1. The van der Waals surface area contributed by atoms with E-state index in [2.05, 4.69) is 28.8 Å². The van der Waals surface area contributed by atoms with Crippen LogP contribution in [0.2, 0.25) is 0 Å². The SMILES string of the molecule is Cn1ccc2cc(-c3ccc(N(CCCCCCC(=O)NO)S(C)(=O)=O)cc3)ccc21.